The average Bonchev–Trinajstić information content (AvgIpc) is 2.77. The Balaban J connectivity index is 2.08. The van der Waals surface area contributed by atoms with Gasteiger partial charge in [0.05, 0.1) is 5.92 Å². The fraction of sp³-hybridized carbons (Fsp3) is 0.412. The summed E-state index contributed by atoms with van der Waals surface area (Å²) in [5.41, 5.74) is 0.652. The first-order chi connectivity index (χ1) is 10.9. The fourth-order valence-corrected chi connectivity index (χ4v) is 2.69. The first-order valence-electron chi connectivity index (χ1n) is 7.56. The van der Waals surface area contributed by atoms with Crippen molar-refractivity contribution < 1.29 is 24.3 Å². The zero-order valence-electron chi connectivity index (χ0n) is 13.0. The van der Waals surface area contributed by atoms with E-state index in [1.807, 2.05) is 6.92 Å². The largest absolute Gasteiger partial charge is 0.480 e. The van der Waals surface area contributed by atoms with Gasteiger partial charge in [0, 0.05) is 17.5 Å². The minimum Gasteiger partial charge on any atom is -0.480 e. The summed E-state index contributed by atoms with van der Waals surface area (Å²) in [5, 5.41) is 11.6. The predicted octanol–water partition coefficient (Wildman–Crippen LogP) is 1.69. The molecule has 0 heterocycles. The van der Waals surface area contributed by atoms with Crippen LogP contribution >= 0.6 is 0 Å². The maximum atomic E-state index is 12.2. The van der Waals surface area contributed by atoms with E-state index >= 15 is 0 Å². The van der Waals surface area contributed by atoms with Crippen LogP contribution < -0.4 is 5.32 Å². The number of carboxylic acid groups (broad SMARTS) is 1. The summed E-state index contributed by atoms with van der Waals surface area (Å²) in [5.74, 6) is -3.79. The van der Waals surface area contributed by atoms with Crippen LogP contribution in [-0.4, -0.2) is 34.6 Å². The van der Waals surface area contributed by atoms with Gasteiger partial charge in [-0.2, -0.15) is 0 Å². The molecule has 0 saturated heterocycles. The molecule has 23 heavy (non-hydrogen) atoms. The summed E-state index contributed by atoms with van der Waals surface area (Å²) >= 11 is 0. The second kappa shape index (κ2) is 6.73. The van der Waals surface area contributed by atoms with Crippen LogP contribution in [0.4, 0.5) is 0 Å². The third kappa shape index (κ3) is 3.31. The Morgan fingerprint density at radius 2 is 1.70 bits per heavy atom. The zero-order chi connectivity index (χ0) is 17.1. The Labute approximate surface area is 133 Å². The average molecular weight is 317 g/mol. The Hall–Kier alpha value is -2.50. The number of carbonyl (C=O) groups is 4. The molecule has 1 aromatic rings. The summed E-state index contributed by atoms with van der Waals surface area (Å²) in [6, 6.07) is 5.42. The van der Waals surface area contributed by atoms with Crippen molar-refractivity contribution in [3.8, 4) is 0 Å². The second-order valence-electron chi connectivity index (χ2n) is 5.80. The Bertz CT molecular complexity index is 632. The zero-order valence-corrected chi connectivity index (χ0v) is 13.0. The predicted molar refractivity (Wildman–Crippen MR) is 82.2 cm³/mol. The van der Waals surface area contributed by atoms with Crippen molar-refractivity contribution in [2.24, 2.45) is 11.8 Å². The van der Waals surface area contributed by atoms with Crippen molar-refractivity contribution in [3.05, 3.63) is 35.4 Å². The highest BCUT2D eigenvalue weighted by Gasteiger charge is 2.40. The van der Waals surface area contributed by atoms with Crippen LogP contribution in [0.2, 0.25) is 0 Å². The molecule has 0 radical (unpaired) electrons. The van der Waals surface area contributed by atoms with E-state index in [2.05, 4.69) is 5.32 Å². The van der Waals surface area contributed by atoms with E-state index in [0.29, 0.717) is 17.5 Å². The number of carbonyl (C=O) groups excluding carboxylic acids is 3. The molecule has 6 heteroatoms. The molecule has 6 nitrogen and oxygen atoms in total. The first kappa shape index (κ1) is 16.9. The Morgan fingerprint density at radius 1 is 1.17 bits per heavy atom. The van der Waals surface area contributed by atoms with E-state index in [1.54, 1.807) is 31.2 Å². The van der Waals surface area contributed by atoms with Gasteiger partial charge < -0.3 is 10.4 Å². The maximum absolute atomic E-state index is 12.2. The smallest absolute Gasteiger partial charge is 0.326 e. The van der Waals surface area contributed by atoms with Crippen molar-refractivity contribution in [2.45, 2.75) is 32.7 Å². The summed E-state index contributed by atoms with van der Waals surface area (Å²) in [4.78, 5) is 47.8. The van der Waals surface area contributed by atoms with Crippen molar-refractivity contribution in [1.82, 2.24) is 5.32 Å². The standard InChI is InChI=1S/C17H19NO5/c1-3-9(2)14(17(22)23)18-13(19)8-12-15(20)10-6-4-5-7-11(10)16(12)21/h4-7,9,12,14H,3,8H2,1-2H3,(H,18,19)(H,22,23)/t9-,14+/m0/s1. The second-order valence-corrected chi connectivity index (χ2v) is 5.80. The highest BCUT2D eigenvalue weighted by Crippen LogP contribution is 2.28. The number of nitrogens with one attached hydrogen (secondary N) is 1. The van der Waals surface area contributed by atoms with E-state index < -0.39 is 23.8 Å². The molecule has 1 amide bonds. The normalized spacial score (nSPS) is 16.8. The van der Waals surface area contributed by atoms with Gasteiger partial charge in [-0.1, -0.05) is 44.5 Å². The molecule has 2 rings (SSSR count). The van der Waals surface area contributed by atoms with Crippen LogP contribution in [0.3, 0.4) is 0 Å². The van der Waals surface area contributed by atoms with Crippen LogP contribution in [0.5, 0.6) is 0 Å². The molecule has 1 aromatic carbocycles. The number of fused-ring (bicyclic) bond motifs is 1. The van der Waals surface area contributed by atoms with Gasteiger partial charge in [0.15, 0.2) is 11.6 Å². The van der Waals surface area contributed by atoms with Gasteiger partial charge in [-0.15, -0.1) is 0 Å². The van der Waals surface area contributed by atoms with Crippen LogP contribution in [-0.2, 0) is 9.59 Å². The van der Waals surface area contributed by atoms with Gasteiger partial charge in [0.25, 0.3) is 0 Å². The van der Waals surface area contributed by atoms with Crippen LogP contribution in [0, 0.1) is 11.8 Å². The van der Waals surface area contributed by atoms with Crippen molar-refractivity contribution in [2.75, 3.05) is 0 Å². The topological polar surface area (TPSA) is 101 Å². The Morgan fingerprint density at radius 3 is 2.13 bits per heavy atom. The molecule has 0 bridgehead atoms. The van der Waals surface area contributed by atoms with Crippen molar-refractivity contribution in [1.29, 1.82) is 0 Å². The molecular formula is C17H19NO5. The number of aliphatic carboxylic acids is 1. The first-order valence-corrected chi connectivity index (χ1v) is 7.56. The number of amides is 1. The molecule has 2 N–H and O–H groups in total. The summed E-state index contributed by atoms with van der Waals surface area (Å²) in [7, 11) is 0. The molecule has 0 aromatic heterocycles. The van der Waals surface area contributed by atoms with E-state index in [4.69, 9.17) is 0 Å². The molecular weight excluding hydrogens is 298 g/mol. The van der Waals surface area contributed by atoms with E-state index in [-0.39, 0.29) is 23.9 Å². The number of hydrogen-bond donors (Lipinski definition) is 2. The van der Waals surface area contributed by atoms with Crippen LogP contribution in [0.1, 0.15) is 47.4 Å². The van der Waals surface area contributed by atoms with Gasteiger partial charge in [0.1, 0.15) is 6.04 Å². The fourth-order valence-electron chi connectivity index (χ4n) is 2.69. The maximum Gasteiger partial charge on any atom is 0.326 e. The lowest BCUT2D eigenvalue weighted by Crippen LogP contribution is -2.45. The van der Waals surface area contributed by atoms with E-state index in [0.717, 1.165) is 0 Å². The van der Waals surface area contributed by atoms with Crippen molar-refractivity contribution in [3.63, 3.8) is 0 Å². The lowest BCUT2D eigenvalue weighted by Gasteiger charge is -2.20. The van der Waals surface area contributed by atoms with Crippen LogP contribution in [0.25, 0.3) is 0 Å². The number of carboxylic acids is 1. The number of ketones is 2. The van der Waals surface area contributed by atoms with Gasteiger partial charge in [0.2, 0.25) is 5.91 Å². The molecule has 122 valence electrons. The summed E-state index contributed by atoms with van der Waals surface area (Å²) < 4.78 is 0. The number of hydrogen-bond acceptors (Lipinski definition) is 4. The summed E-state index contributed by atoms with van der Waals surface area (Å²) in [6.45, 7) is 3.55. The van der Waals surface area contributed by atoms with Gasteiger partial charge in [-0.3, -0.25) is 14.4 Å². The lowest BCUT2D eigenvalue weighted by molar-refractivity contribution is -0.143. The van der Waals surface area contributed by atoms with Crippen LogP contribution in [0.15, 0.2) is 24.3 Å². The Kier molecular flexibility index (Phi) is 4.93. The third-order valence-electron chi connectivity index (χ3n) is 4.28. The van der Waals surface area contributed by atoms with Crippen molar-refractivity contribution >= 4 is 23.4 Å². The van der Waals surface area contributed by atoms with Gasteiger partial charge in [-0.05, 0) is 5.92 Å². The molecule has 0 unspecified atom stereocenters. The molecule has 1 aliphatic rings. The molecule has 0 aliphatic heterocycles. The molecule has 0 spiro atoms. The third-order valence-corrected chi connectivity index (χ3v) is 4.28. The number of Topliss-reactive ketones (excluding diaryl/α,β-unsaturated/α-hetero) is 2. The lowest BCUT2D eigenvalue weighted by atomic mass is 9.96. The van der Waals surface area contributed by atoms with E-state index in [1.165, 1.54) is 0 Å². The molecule has 1 aliphatic carbocycles. The monoisotopic (exact) mass is 317 g/mol. The molecule has 2 atom stereocenters. The highest BCUT2D eigenvalue weighted by molar-refractivity contribution is 6.27. The molecule has 0 fully saturated rings. The SMILES string of the molecule is CC[C@H](C)[C@@H](NC(=O)CC1C(=O)c2ccccc2C1=O)C(=O)O. The summed E-state index contributed by atoms with van der Waals surface area (Å²) in [6.07, 6.45) is 0.260. The minimum atomic E-state index is -1.12. The highest BCUT2D eigenvalue weighted by atomic mass is 16.4. The quantitative estimate of drug-likeness (QED) is 0.778. The van der Waals surface area contributed by atoms with Gasteiger partial charge in [-0.25, -0.2) is 4.79 Å². The van der Waals surface area contributed by atoms with E-state index in [9.17, 15) is 24.3 Å². The van der Waals surface area contributed by atoms with Gasteiger partial charge >= 0.3 is 5.97 Å². The number of benzene rings is 1. The number of rotatable bonds is 6. The molecule has 0 saturated carbocycles. The minimum absolute atomic E-state index is 0.247.